The molecule has 0 aromatic heterocycles. The third-order valence-corrected chi connectivity index (χ3v) is 3.41. The normalized spacial score (nSPS) is 12.9. The summed E-state index contributed by atoms with van der Waals surface area (Å²) in [6.07, 6.45) is 14.2. The van der Waals surface area contributed by atoms with Gasteiger partial charge in [-0.05, 0) is 32.4 Å². The zero-order chi connectivity index (χ0) is 12.1. The first kappa shape index (κ1) is 16.0. The summed E-state index contributed by atoms with van der Waals surface area (Å²) < 4.78 is 0. The molecule has 0 aliphatic heterocycles. The third kappa shape index (κ3) is 10.5. The molecule has 0 radical (unpaired) electrons. The second-order valence-electron chi connectivity index (χ2n) is 5.12. The SMILES string of the molecule is CCCCCCCCCC(CCC)CNC. The average molecular weight is 227 g/mol. The van der Waals surface area contributed by atoms with E-state index in [0.717, 1.165) is 5.92 Å². The van der Waals surface area contributed by atoms with Crippen LogP contribution in [0, 0.1) is 5.92 Å². The maximum atomic E-state index is 3.32. The fraction of sp³-hybridized carbons (Fsp3) is 1.00. The molecule has 0 aliphatic rings. The zero-order valence-electron chi connectivity index (χ0n) is 11.9. The van der Waals surface area contributed by atoms with Crippen LogP contribution in [0.15, 0.2) is 0 Å². The lowest BCUT2D eigenvalue weighted by Crippen LogP contribution is -2.18. The molecule has 1 atom stereocenters. The van der Waals surface area contributed by atoms with Gasteiger partial charge < -0.3 is 5.32 Å². The fourth-order valence-electron chi connectivity index (χ4n) is 2.44. The van der Waals surface area contributed by atoms with Crippen LogP contribution in [0.3, 0.4) is 0 Å². The minimum atomic E-state index is 0.922. The summed E-state index contributed by atoms with van der Waals surface area (Å²) in [5.41, 5.74) is 0. The maximum Gasteiger partial charge on any atom is -0.00235 e. The molecule has 0 rings (SSSR count). The first-order chi connectivity index (χ1) is 7.85. The van der Waals surface area contributed by atoms with Crippen molar-refractivity contribution in [3.05, 3.63) is 0 Å². The minimum absolute atomic E-state index is 0.922. The predicted octanol–water partition coefficient (Wildman–Crippen LogP) is 4.76. The topological polar surface area (TPSA) is 12.0 Å². The number of hydrogen-bond acceptors (Lipinski definition) is 1. The first-order valence-electron chi connectivity index (χ1n) is 7.49. The van der Waals surface area contributed by atoms with Crippen molar-refractivity contribution in [3.8, 4) is 0 Å². The molecule has 0 amide bonds. The molecule has 1 unspecified atom stereocenters. The second-order valence-corrected chi connectivity index (χ2v) is 5.12. The Kier molecular flexibility index (Phi) is 13.0. The predicted molar refractivity (Wildman–Crippen MR) is 74.9 cm³/mol. The van der Waals surface area contributed by atoms with Gasteiger partial charge in [0.2, 0.25) is 0 Å². The molecule has 0 saturated heterocycles. The zero-order valence-corrected chi connectivity index (χ0v) is 11.9. The van der Waals surface area contributed by atoms with Crippen molar-refractivity contribution in [2.24, 2.45) is 5.92 Å². The van der Waals surface area contributed by atoms with Gasteiger partial charge in [0, 0.05) is 0 Å². The van der Waals surface area contributed by atoms with Gasteiger partial charge in [-0.25, -0.2) is 0 Å². The van der Waals surface area contributed by atoms with E-state index in [0.29, 0.717) is 0 Å². The Bertz CT molecular complexity index is 117. The summed E-state index contributed by atoms with van der Waals surface area (Å²) in [7, 11) is 2.08. The highest BCUT2D eigenvalue weighted by Gasteiger charge is 2.05. The summed E-state index contributed by atoms with van der Waals surface area (Å²) in [6.45, 7) is 5.80. The van der Waals surface area contributed by atoms with Crippen LogP contribution in [-0.4, -0.2) is 13.6 Å². The van der Waals surface area contributed by atoms with Crippen LogP contribution in [0.1, 0.15) is 78.1 Å². The van der Waals surface area contributed by atoms with Gasteiger partial charge in [0.15, 0.2) is 0 Å². The van der Waals surface area contributed by atoms with Crippen molar-refractivity contribution in [1.29, 1.82) is 0 Å². The van der Waals surface area contributed by atoms with Gasteiger partial charge in [0.25, 0.3) is 0 Å². The molecule has 16 heavy (non-hydrogen) atoms. The molecule has 98 valence electrons. The van der Waals surface area contributed by atoms with E-state index in [2.05, 4.69) is 26.2 Å². The molecular formula is C15H33N. The second kappa shape index (κ2) is 13.0. The molecule has 0 spiro atoms. The van der Waals surface area contributed by atoms with Gasteiger partial charge in [-0.15, -0.1) is 0 Å². The lowest BCUT2D eigenvalue weighted by molar-refractivity contribution is 0.406. The van der Waals surface area contributed by atoms with Crippen molar-refractivity contribution < 1.29 is 0 Å². The Labute approximate surface area is 103 Å². The molecule has 1 heteroatoms. The summed E-state index contributed by atoms with van der Waals surface area (Å²) in [5, 5.41) is 3.32. The standard InChI is InChI=1S/C15H33N/c1-4-6-7-8-9-10-11-13-15(12-5-2)14-16-3/h15-16H,4-14H2,1-3H3. The van der Waals surface area contributed by atoms with Crippen molar-refractivity contribution in [2.75, 3.05) is 13.6 Å². The number of hydrogen-bond donors (Lipinski definition) is 1. The highest BCUT2D eigenvalue weighted by Crippen LogP contribution is 2.16. The molecule has 0 aromatic rings. The Morgan fingerprint density at radius 1 is 0.750 bits per heavy atom. The summed E-state index contributed by atoms with van der Waals surface area (Å²) >= 11 is 0. The molecule has 0 aromatic carbocycles. The first-order valence-corrected chi connectivity index (χ1v) is 7.49. The summed E-state index contributed by atoms with van der Waals surface area (Å²) in [6, 6.07) is 0. The smallest absolute Gasteiger partial charge is 0.00235 e. The highest BCUT2D eigenvalue weighted by atomic mass is 14.8. The van der Waals surface area contributed by atoms with E-state index in [1.54, 1.807) is 0 Å². The number of nitrogens with one attached hydrogen (secondary N) is 1. The number of rotatable bonds is 12. The molecular weight excluding hydrogens is 194 g/mol. The molecule has 0 fully saturated rings. The van der Waals surface area contributed by atoms with E-state index in [9.17, 15) is 0 Å². The Hall–Kier alpha value is -0.0400. The van der Waals surface area contributed by atoms with Crippen LogP contribution < -0.4 is 5.32 Å². The van der Waals surface area contributed by atoms with E-state index < -0.39 is 0 Å². The highest BCUT2D eigenvalue weighted by molar-refractivity contribution is 4.61. The Morgan fingerprint density at radius 2 is 1.38 bits per heavy atom. The lowest BCUT2D eigenvalue weighted by Gasteiger charge is -2.15. The van der Waals surface area contributed by atoms with Crippen LogP contribution in [0.4, 0.5) is 0 Å². The van der Waals surface area contributed by atoms with Crippen molar-refractivity contribution in [2.45, 2.75) is 78.1 Å². The molecule has 0 heterocycles. The molecule has 0 bridgehead atoms. The van der Waals surface area contributed by atoms with E-state index in [-0.39, 0.29) is 0 Å². The number of unbranched alkanes of at least 4 members (excludes halogenated alkanes) is 6. The van der Waals surface area contributed by atoms with Crippen LogP contribution >= 0.6 is 0 Å². The maximum absolute atomic E-state index is 3.32. The van der Waals surface area contributed by atoms with Gasteiger partial charge in [0.1, 0.15) is 0 Å². The minimum Gasteiger partial charge on any atom is -0.319 e. The van der Waals surface area contributed by atoms with Crippen LogP contribution in [0.5, 0.6) is 0 Å². The molecule has 0 aliphatic carbocycles. The average Bonchev–Trinajstić information content (AvgIpc) is 2.28. The fourth-order valence-corrected chi connectivity index (χ4v) is 2.44. The largest absolute Gasteiger partial charge is 0.319 e. The quantitative estimate of drug-likeness (QED) is 0.474. The summed E-state index contributed by atoms with van der Waals surface area (Å²) in [4.78, 5) is 0. The van der Waals surface area contributed by atoms with Gasteiger partial charge in [-0.2, -0.15) is 0 Å². The van der Waals surface area contributed by atoms with Gasteiger partial charge >= 0.3 is 0 Å². The summed E-state index contributed by atoms with van der Waals surface area (Å²) in [5.74, 6) is 0.922. The van der Waals surface area contributed by atoms with Crippen molar-refractivity contribution >= 4 is 0 Å². The van der Waals surface area contributed by atoms with Crippen molar-refractivity contribution in [1.82, 2.24) is 5.32 Å². The van der Waals surface area contributed by atoms with Crippen LogP contribution in [-0.2, 0) is 0 Å². The van der Waals surface area contributed by atoms with E-state index in [1.807, 2.05) is 0 Å². The molecule has 0 saturated carbocycles. The van der Waals surface area contributed by atoms with Crippen molar-refractivity contribution in [3.63, 3.8) is 0 Å². The molecule has 1 nitrogen and oxygen atoms in total. The van der Waals surface area contributed by atoms with Crippen LogP contribution in [0.2, 0.25) is 0 Å². The molecule has 1 N–H and O–H groups in total. The van der Waals surface area contributed by atoms with E-state index in [4.69, 9.17) is 0 Å². The Balaban J connectivity index is 3.25. The van der Waals surface area contributed by atoms with E-state index in [1.165, 1.54) is 70.8 Å². The Morgan fingerprint density at radius 3 is 1.94 bits per heavy atom. The van der Waals surface area contributed by atoms with Crippen LogP contribution in [0.25, 0.3) is 0 Å². The van der Waals surface area contributed by atoms with Gasteiger partial charge in [-0.3, -0.25) is 0 Å². The monoisotopic (exact) mass is 227 g/mol. The third-order valence-electron chi connectivity index (χ3n) is 3.41. The lowest BCUT2D eigenvalue weighted by atomic mass is 9.96. The van der Waals surface area contributed by atoms with E-state index >= 15 is 0 Å². The van der Waals surface area contributed by atoms with Gasteiger partial charge in [-0.1, -0.05) is 65.2 Å². The van der Waals surface area contributed by atoms with Gasteiger partial charge in [0.05, 0.1) is 0 Å².